The van der Waals surface area contributed by atoms with Crippen LogP contribution < -0.4 is 0 Å². The highest BCUT2D eigenvalue weighted by Gasteiger charge is 2.36. The first-order chi connectivity index (χ1) is 9.23. The van der Waals surface area contributed by atoms with Gasteiger partial charge in [-0.25, -0.2) is 0 Å². The van der Waals surface area contributed by atoms with Crippen molar-refractivity contribution in [3.63, 3.8) is 0 Å². The van der Waals surface area contributed by atoms with Crippen molar-refractivity contribution in [1.82, 2.24) is 4.90 Å². The largest absolute Gasteiger partial charge is 0.296 e. The highest BCUT2D eigenvalue weighted by Crippen LogP contribution is 2.38. The fraction of sp³-hybridized carbons (Fsp3) is 1.00. The average molecular weight is 218 g/mol. The van der Waals surface area contributed by atoms with Crippen molar-refractivity contribution in [2.24, 2.45) is 11.3 Å². The smallest absolute Gasteiger partial charge is 0.0465 e. The Morgan fingerprint density at radius 2 is 1.73 bits per heavy atom. The predicted molar refractivity (Wildman–Crippen MR) is 68.1 cm³/mol. The fourth-order valence-corrected chi connectivity index (χ4v) is 1.63. The van der Waals surface area contributed by atoms with Crippen molar-refractivity contribution >= 4 is 0 Å². The standard InChI is InChI=1S/C14H29N/c1-11-10-12(13(2,3)4)8-9-15(11)14(5,6)7/h11-12H,8-10H2,1-7H3/i8D2,9D2,10D2,11D. The summed E-state index contributed by atoms with van der Waals surface area (Å²) in [6, 6.07) is -1.90. The van der Waals surface area contributed by atoms with Gasteiger partial charge in [0.2, 0.25) is 0 Å². The second-order valence-corrected chi connectivity index (χ2v) is 6.29. The van der Waals surface area contributed by atoms with Crippen LogP contribution in [0.1, 0.15) is 70.8 Å². The van der Waals surface area contributed by atoms with E-state index in [0.29, 0.717) is 0 Å². The summed E-state index contributed by atoms with van der Waals surface area (Å²) in [6.45, 7) is 9.03. The fourth-order valence-electron chi connectivity index (χ4n) is 1.63. The van der Waals surface area contributed by atoms with Crippen molar-refractivity contribution in [1.29, 1.82) is 0 Å². The molecule has 0 aromatic heterocycles. The number of likely N-dealkylation sites (tertiary alicyclic amines) is 1. The molecule has 2 atom stereocenters. The number of piperidine rings is 1. The van der Waals surface area contributed by atoms with E-state index in [0.717, 1.165) is 4.90 Å². The van der Waals surface area contributed by atoms with Crippen LogP contribution in [0.25, 0.3) is 0 Å². The van der Waals surface area contributed by atoms with Crippen LogP contribution in [0, 0.1) is 11.3 Å². The quantitative estimate of drug-likeness (QED) is 0.595. The molecule has 0 spiro atoms. The summed E-state index contributed by atoms with van der Waals surface area (Å²) in [4.78, 5) is 1.05. The minimum atomic E-state index is -2.47. The Hall–Kier alpha value is -0.0400. The van der Waals surface area contributed by atoms with Crippen molar-refractivity contribution in [2.45, 2.75) is 72.8 Å². The van der Waals surface area contributed by atoms with Crippen LogP contribution in [-0.2, 0) is 0 Å². The Morgan fingerprint density at radius 3 is 2.13 bits per heavy atom. The van der Waals surface area contributed by atoms with Gasteiger partial charge in [0.05, 0.1) is 0 Å². The van der Waals surface area contributed by atoms with Gasteiger partial charge in [0.25, 0.3) is 0 Å². The van der Waals surface area contributed by atoms with E-state index in [1.54, 1.807) is 41.5 Å². The van der Waals surface area contributed by atoms with E-state index in [-0.39, 0.29) is 0 Å². The molecule has 1 aliphatic rings. The van der Waals surface area contributed by atoms with Gasteiger partial charge in [-0.1, -0.05) is 20.8 Å². The van der Waals surface area contributed by atoms with Crippen LogP contribution in [0.2, 0.25) is 0 Å². The first kappa shape index (κ1) is 6.05. The molecule has 2 unspecified atom stereocenters. The molecule has 1 heteroatoms. The maximum Gasteiger partial charge on any atom is 0.0465 e. The first-order valence-corrected chi connectivity index (χ1v) is 5.54. The summed E-state index contributed by atoms with van der Waals surface area (Å²) in [5, 5.41) is 0. The van der Waals surface area contributed by atoms with Gasteiger partial charge in [-0.15, -0.1) is 0 Å². The molecule has 1 aliphatic heterocycles. The van der Waals surface area contributed by atoms with Gasteiger partial charge in [-0.2, -0.15) is 0 Å². The Morgan fingerprint density at radius 1 is 1.20 bits per heavy atom. The van der Waals surface area contributed by atoms with Crippen LogP contribution in [0.5, 0.6) is 0 Å². The average Bonchev–Trinajstić information content (AvgIpc) is 2.06. The van der Waals surface area contributed by atoms with Crippen LogP contribution in [-0.4, -0.2) is 23.0 Å². The van der Waals surface area contributed by atoms with E-state index in [1.165, 1.54) is 6.92 Å². The zero-order valence-electron chi connectivity index (χ0n) is 18.0. The predicted octanol–water partition coefficient (Wildman–Crippen LogP) is 3.93. The molecule has 90 valence electrons. The second kappa shape index (κ2) is 4.08. The third kappa shape index (κ3) is 3.21. The zero-order chi connectivity index (χ0) is 18.2. The van der Waals surface area contributed by atoms with E-state index in [1.807, 2.05) is 0 Å². The van der Waals surface area contributed by atoms with Crippen molar-refractivity contribution < 1.29 is 9.60 Å². The van der Waals surface area contributed by atoms with Gasteiger partial charge in [0.1, 0.15) is 0 Å². The normalized spacial score (nSPS) is 52.5. The molecule has 0 aliphatic carbocycles. The molecule has 0 radical (unpaired) electrons. The molecule has 0 N–H and O–H groups in total. The van der Waals surface area contributed by atoms with Crippen molar-refractivity contribution in [3.8, 4) is 0 Å². The van der Waals surface area contributed by atoms with Gasteiger partial charge in [-0.05, 0) is 58.3 Å². The summed E-state index contributed by atoms with van der Waals surface area (Å²) < 4.78 is 59.3. The lowest BCUT2D eigenvalue weighted by molar-refractivity contribution is 0.0111. The Bertz CT molecular complexity index is 373. The van der Waals surface area contributed by atoms with Gasteiger partial charge in [-0.3, -0.25) is 4.90 Å². The molecule has 1 rings (SSSR count). The Labute approximate surface area is 106 Å². The Kier molecular flexibility index (Phi) is 1.65. The lowest BCUT2D eigenvalue weighted by atomic mass is 9.73. The molecule has 1 nitrogen and oxygen atoms in total. The van der Waals surface area contributed by atoms with Crippen molar-refractivity contribution in [3.05, 3.63) is 0 Å². The molecular formula is C14H29N. The maximum absolute atomic E-state index is 8.63. The van der Waals surface area contributed by atoms with Crippen LogP contribution in [0.15, 0.2) is 0 Å². The minimum absolute atomic E-state index is 0.827. The topological polar surface area (TPSA) is 3.24 Å². The van der Waals surface area contributed by atoms with Gasteiger partial charge >= 0.3 is 0 Å². The third-order valence-electron chi connectivity index (χ3n) is 2.55. The van der Waals surface area contributed by atoms with E-state index in [2.05, 4.69) is 0 Å². The van der Waals surface area contributed by atoms with E-state index < -0.39 is 42.1 Å². The highest BCUT2D eigenvalue weighted by atomic mass is 15.2. The lowest BCUT2D eigenvalue weighted by Crippen LogP contribution is -2.52. The summed E-state index contributed by atoms with van der Waals surface area (Å²) in [5.74, 6) is -1.26. The number of hydrogen-bond acceptors (Lipinski definition) is 1. The maximum atomic E-state index is 8.63. The number of nitrogens with zero attached hydrogens (tertiary/aromatic N) is 1. The molecule has 1 fully saturated rings. The monoisotopic (exact) mass is 218 g/mol. The summed E-state index contributed by atoms with van der Waals surface area (Å²) in [7, 11) is 0. The molecule has 1 heterocycles. The summed E-state index contributed by atoms with van der Waals surface area (Å²) in [5.41, 5.74) is -1.73. The summed E-state index contributed by atoms with van der Waals surface area (Å²) >= 11 is 0. The van der Waals surface area contributed by atoms with E-state index >= 15 is 0 Å². The van der Waals surface area contributed by atoms with Crippen LogP contribution in [0.4, 0.5) is 0 Å². The van der Waals surface area contributed by atoms with Gasteiger partial charge < -0.3 is 0 Å². The van der Waals surface area contributed by atoms with Crippen LogP contribution >= 0.6 is 0 Å². The number of rotatable bonds is 0. The molecule has 0 bridgehead atoms. The third-order valence-corrected chi connectivity index (χ3v) is 2.55. The SMILES string of the molecule is [2H]C1([2H])C(C(C)(C)C)C([2H])([2H])C([2H])(C)N(C(C)(C)C)C1([2H])[2H]. The number of hydrogen-bond donors (Lipinski definition) is 0. The molecular weight excluding hydrogens is 182 g/mol. The molecule has 15 heavy (non-hydrogen) atoms. The van der Waals surface area contributed by atoms with Crippen LogP contribution in [0.3, 0.4) is 0 Å². The minimum Gasteiger partial charge on any atom is -0.296 e. The molecule has 1 saturated heterocycles. The molecule has 0 amide bonds. The lowest BCUT2D eigenvalue weighted by Gasteiger charge is -2.48. The second-order valence-electron chi connectivity index (χ2n) is 6.29. The van der Waals surface area contributed by atoms with Gasteiger partial charge in [0, 0.05) is 21.2 Å². The molecule has 0 saturated carbocycles. The highest BCUT2D eigenvalue weighted by molar-refractivity contribution is 4.90. The zero-order valence-corrected chi connectivity index (χ0v) is 11.0. The first-order valence-electron chi connectivity index (χ1n) is 9.04. The van der Waals surface area contributed by atoms with E-state index in [9.17, 15) is 0 Å². The Balaban J connectivity index is 3.77. The molecule has 0 aromatic rings. The summed E-state index contributed by atoms with van der Waals surface area (Å²) in [6.07, 6.45) is -4.67. The molecule has 0 aromatic carbocycles. The van der Waals surface area contributed by atoms with Gasteiger partial charge in [0.15, 0.2) is 0 Å². The van der Waals surface area contributed by atoms with Crippen molar-refractivity contribution in [2.75, 3.05) is 6.50 Å². The van der Waals surface area contributed by atoms with E-state index in [4.69, 9.17) is 9.60 Å².